The van der Waals surface area contributed by atoms with Gasteiger partial charge in [0.1, 0.15) is 0 Å². The van der Waals surface area contributed by atoms with Crippen LogP contribution in [0.5, 0.6) is 0 Å². The molecule has 31 heavy (non-hydrogen) atoms. The fourth-order valence-corrected chi connectivity index (χ4v) is 5.25. The zero-order valence-corrected chi connectivity index (χ0v) is 19.4. The van der Waals surface area contributed by atoms with Crippen LogP contribution in [-0.4, -0.2) is 65.7 Å². The summed E-state index contributed by atoms with van der Waals surface area (Å²) in [6.07, 6.45) is 3.92. The zero-order valence-electron chi connectivity index (χ0n) is 18.6. The first-order valence-corrected chi connectivity index (χ1v) is 12.7. The maximum atomic E-state index is 12.7. The molecule has 1 aromatic carbocycles. The SMILES string of the molecule is CCn1ncc(CN2CCCN(S(C)(=O)=O)C(c3ccccc3)CC(=O)NCC2)c1C. The van der Waals surface area contributed by atoms with Crippen molar-refractivity contribution in [3.05, 3.63) is 53.3 Å². The second kappa shape index (κ2) is 10.4. The van der Waals surface area contributed by atoms with Gasteiger partial charge in [0.25, 0.3) is 0 Å². The Kier molecular flexibility index (Phi) is 7.85. The third-order valence-corrected chi connectivity index (χ3v) is 7.13. The van der Waals surface area contributed by atoms with E-state index in [4.69, 9.17) is 0 Å². The van der Waals surface area contributed by atoms with E-state index in [1.54, 1.807) is 0 Å². The van der Waals surface area contributed by atoms with Gasteiger partial charge >= 0.3 is 0 Å². The Morgan fingerprint density at radius 3 is 2.55 bits per heavy atom. The van der Waals surface area contributed by atoms with Gasteiger partial charge in [0.2, 0.25) is 15.9 Å². The molecule has 1 saturated heterocycles. The summed E-state index contributed by atoms with van der Waals surface area (Å²) in [4.78, 5) is 14.9. The lowest BCUT2D eigenvalue weighted by Gasteiger charge is -2.30. The number of sulfonamides is 1. The molecular formula is C22H33N5O3S. The number of rotatable bonds is 5. The summed E-state index contributed by atoms with van der Waals surface area (Å²) < 4.78 is 28.7. The average molecular weight is 448 g/mol. The van der Waals surface area contributed by atoms with E-state index < -0.39 is 16.1 Å². The first-order valence-electron chi connectivity index (χ1n) is 10.8. The van der Waals surface area contributed by atoms with Gasteiger partial charge in [-0.15, -0.1) is 0 Å². The topological polar surface area (TPSA) is 87.5 Å². The van der Waals surface area contributed by atoms with E-state index in [1.165, 1.54) is 10.6 Å². The van der Waals surface area contributed by atoms with Crippen LogP contribution in [0.15, 0.2) is 36.5 Å². The molecule has 1 unspecified atom stereocenters. The van der Waals surface area contributed by atoms with Crippen molar-refractivity contribution in [2.45, 2.75) is 45.8 Å². The minimum absolute atomic E-state index is 0.111. The second-order valence-corrected chi connectivity index (χ2v) is 9.99. The summed E-state index contributed by atoms with van der Waals surface area (Å²) in [5.41, 5.74) is 3.13. The Morgan fingerprint density at radius 2 is 1.90 bits per heavy atom. The molecule has 0 radical (unpaired) electrons. The summed E-state index contributed by atoms with van der Waals surface area (Å²) in [5, 5.41) is 7.40. The number of aromatic nitrogens is 2. The van der Waals surface area contributed by atoms with Crippen molar-refractivity contribution < 1.29 is 13.2 Å². The number of nitrogens with zero attached hydrogens (tertiary/aromatic N) is 4. The normalized spacial score (nSPS) is 20.2. The molecule has 1 fully saturated rings. The first kappa shape index (κ1) is 23.4. The van der Waals surface area contributed by atoms with Crippen LogP contribution in [0.2, 0.25) is 0 Å². The molecular weight excluding hydrogens is 414 g/mol. The molecule has 0 bridgehead atoms. The number of benzene rings is 1. The Balaban J connectivity index is 1.81. The number of hydrogen-bond acceptors (Lipinski definition) is 5. The fraction of sp³-hybridized carbons (Fsp3) is 0.545. The van der Waals surface area contributed by atoms with Gasteiger partial charge in [0, 0.05) is 50.4 Å². The van der Waals surface area contributed by atoms with Crippen molar-refractivity contribution in [1.82, 2.24) is 24.3 Å². The molecule has 0 aliphatic carbocycles. The van der Waals surface area contributed by atoms with Crippen molar-refractivity contribution in [3.63, 3.8) is 0 Å². The molecule has 9 heteroatoms. The Labute approximate surface area is 185 Å². The lowest BCUT2D eigenvalue weighted by atomic mass is 10.0. The van der Waals surface area contributed by atoms with E-state index in [1.807, 2.05) is 41.2 Å². The van der Waals surface area contributed by atoms with Gasteiger partial charge in [-0.3, -0.25) is 14.4 Å². The molecule has 0 spiro atoms. The minimum atomic E-state index is -3.49. The molecule has 1 N–H and O–H groups in total. The monoisotopic (exact) mass is 447 g/mol. The maximum absolute atomic E-state index is 12.7. The van der Waals surface area contributed by atoms with Crippen LogP contribution in [0.1, 0.15) is 42.6 Å². The van der Waals surface area contributed by atoms with Crippen molar-refractivity contribution in [3.8, 4) is 0 Å². The zero-order chi connectivity index (χ0) is 22.4. The largest absolute Gasteiger partial charge is 0.355 e. The van der Waals surface area contributed by atoms with Crippen LogP contribution in [0.3, 0.4) is 0 Å². The standard InChI is InChI=1S/C22H33N5O3S/c1-4-26-18(2)20(16-24-26)17-25-12-8-13-27(31(3,29)30)21(15-22(28)23-11-14-25)19-9-6-5-7-10-19/h5-7,9-10,16,21H,4,8,11-15,17H2,1-3H3,(H,23,28). The van der Waals surface area contributed by atoms with Crippen LogP contribution in [0.25, 0.3) is 0 Å². The van der Waals surface area contributed by atoms with Crippen molar-refractivity contribution in [2.75, 3.05) is 32.4 Å². The van der Waals surface area contributed by atoms with Crippen molar-refractivity contribution >= 4 is 15.9 Å². The van der Waals surface area contributed by atoms with Gasteiger partial charge in [0.05, 0.1) is 18.5 Å². The smallest absolute Gasteiger partial charge is 0.222 e. The van der Waals surface area contributed by atoms with Crippen LogP contribution in [0.4, 0.5) is 0 Å². The lowest BCUT2D eigenvalue weighted by molar-refractivity contribution is -0.122. The Hall–Kier alpha value is -2.23. The molecule has 1 amide bonds. The van der Waals surface area contributed by atoms with Gasteiger partial charge in [-0.25, -0.2) is 8.42 Å². The van der Waals surface area contributed by atoms with Gasteiger partial charge in [-0.1, -0.05) is 30.3 Å². The van der Waals surface area contributed by atoms with E-state index >= 15 is 0 Å². The van der Waals surface area contributed by atoms with Crippen LogP contribution < -0.4 is 5.32 Å². The molecule has 170 valence electrons. The second-order valence-electron chi connectivity index (χ2n) is 8.05. The number of aryl methyl sites for hydroxylation is 1. The maximum Gasteiger partial charge on any atom is 0.222 e. The number of amides is 1. The van der Waals surface area contributed by atoms with Crippen LogP contribution >= 0.6 is 0 Å². The lowest BCUT2D eigenvalue weighted by Crippen LogP contribution is -2.38. The number of carbonyl (C=O) groups excluding carboxylic acids is 1. The Bertz CT molecular complexity index is 974. The summed E-state index contributed by atoms with van der Waals surface area (Å²) in [6.45, 7) is 8.02. The van der Waals surface area contributed by atoms with Crippen LogP contribution in [0, 0.1) is 6.92 Å². The van der Waals surface area contributed by atoms with E-state index in [0.717, 1.165) is 36.5 Å². The molecule has 3 rings (SSSR count). The predicted molar refractivity (Wildman–Crippen MR) is 121 cm³/mol. The highest BCUT2D eigenvalue weighted by molar-refractivity contribution is 7.88. The number of carbonyl (C=O) groups is 1. The van der Waals surface area contributed by atoms with Gasteiger partial charge in [0.15, 0.2) is 0 Å². The Morgan fingerprint density at radius 1 is 1.16 bits per heavy atom. The van der Waals surface area contributed by atoms with E-state index in [-0.39, 0.29) is 12.3 Å². The quantitative estimate of drug-likeness (QED) is 0.757. The first-order chi connectivity index (χ1) is 14.8. The number of hydrogen-bond donors (Lipinski definition) is 1. The molecule has 2 heterocycles. The van der Waals surface area contributed by atoms with Gasteiger partial charge < -0.3 is 5.32 Å². The predicted octanol–water partition coefficient (Wildman–Crippen LogP) is 1.93. The fourth-order valence-electron chi connectivity index (χ4n) is 4.14. The summed E-state index contributed by atoms with van der Waals surface area (Å²) in [5.74, 6) is -0.140. The third kappa shape index (κ3) is 6.15. The highest BCUT2D eigenvalue weighted by atomic mass is 32.2. The van der Waals surface area contributed by atoms with E-state index in [2.05, 4.69) is 29.2 Å². The summed E-state index contributed by atoms with van der Waals surface area (Å²) in [7, 11) is -3.49. The van der Waals surface area contributed by atoms with Crippen molar-refractivity contribution in [2.24, 2.45) is 0 Å². The third-order valence-electron chi connectivity index (χ3n) is 5.84. The van der Waals surface area contributed by atoms with Gasteiger partial charge in [-0.05, 0) is 32.4 Å². The molecule has 2 aromatic rings. The molecule has 1 aromatic heterocycles. The number of nitrogens with one attached hydrogen (secondary N) is 1. The average Bonchev–Trinajstić information content (AvgIpc) is 3.06. The highest BCUT2D eigenvalue weighted by Gasteiger charge is 2.30. The van der Waals surface area contributed by atoms with Gasteiger partial charge in [-0.2, -0.15) is 9.40 Å². The van der Waals surface area contributed by atoms with E-state index in [0.29, 0.717) is 26.1 Å². The molecule has 1 aliphatic rings. The highest BCUT2D eigenvalue weighted by Crippen LogP contribution is 2.27. The molecule has 8 nitrogen and oxygen atoms in total. The van der Waals surface area contributed by atoms with Crippen LogP contribution in [-0.2, 0) is 27.9 Å². The van der Waals surface area contributed by atoms with Crippen molar-refractivity contribution in [1.29, 1.82) is 0 Å². The molecule has 1 aliphatic heterocycles. The molecule has 0 saturated carbocycles. The molecule has 1 atom stereocenters. The summed E-state index contributed by atoms with van der Waals surface area (Å²) in [6, 6.07) is 8.90. The minimum Gasteiger partial charge on any atom is -0.355 e. The van der Waals surface area contributed by atoms with E-state index in [9.17, 15) is 13.2 Å². The summed E-state index contributed by atoms with van der Waals surface area (Å²) >= 11 is 0.